The lowest BCUT2D eigenvalue weighted by Gasteiger charge is -2.22. The van der Waals surface area contributed by atoms with Crippen molar-refractivity contribution >= 4 is 54.2 Å². The topological polar surface area (TPSA) is 70.6 Å². The van der Waals surface area contributed by atoms with Gasteiger partial charge in [-0.25, -0.2) is 13.4 Å². The average molecular weight is 478 g/mol. The Morgan fingerprint density at radius 2 is 1.81 bits per heavy atom. The SMILES string of the molecule is CCSc1ccc(CC(=O)N(CCN(C)C)c2nc3ccc(S(C)(=O)=O)cc3s2)cc1. The van der Waals surface area contributed by atoms with Gasteiger partial charge in [-0.1, -0.05) is 30.4 Å². The molecule has 0 atom stereocenters. The Balaban J connectivity index is 1.88. The van der Waals surface area contributed by atoms with Crippen molar-refractivity contribution in [2.75, 3.05) is 44.1 Å². The molecule has 0 aliphatic heterocycles. The number of anilines is 1. The normalized spacial score (nSPS) is 11.9. The second-order valence-electron chi connectivity index (χ2n) is 7.50. The molecule has 6 nitrogen and oxygen atoms in total. The Bertz CT molecular complexity index is 1160. The minimum atomic E-state index is -3.30. The fraction of sp³-hybridized carbons (Fsp3) is 0.364. The number of nitrogens with zero attached hydrogens (tertiary/aromatic N) is 3. The van der Waals surface area contributed by atoms with Crippen LogP contribution in [-0.2, 0) is 21.1 Å². The zero-order chi connectivity index (χ0) is 22.6. The number of aromatic nitrogens is 1. The van der Waals surface area contributed by atoms with Crippen LogP contribution in [0.1, 0.15) is 12.5 Å². The van der Waals surface area contributed by atoms with E-state index in [1.165, 1.54) is 22.5 Å². The van der Waals surface area contributed by atoms with Crippen molar-refractivity contribution in [2.24, 2.45) is 0 Å². The van der Waals surface area contributed by atoms with Gasteiger partial charge in [0.1, 0.15) is 0 Å². The van der Waals surface area contributed by atoms with Crippen molar-refractivity contribution in [3.8, 4) is 0 Å². The third kappa shape index (κ3) is 6.29. The first-order valence-electron chi connectivity index (χ1n) is 9.95. The predicted molar refractivity (Wildman–Crippen MR) is 130 cm³/mol. The van der Waals surface area contributed by atoms with Gasteiger partial charge in [0.2, 0.25) is 5.91 Å². The van der Waals surface area contributed by atoms with E-state index in [4.69, 9.17) is 0 Å². The number of carbonyl (C=O) groups excluding carboxylic acids is 1. The third-order valence-corrected chi connectivity index (χ3v) is 7.71. The highest BCUT2D eigenvalue weighted by Crippen LogP contribution is 2.31. The Kier molecular flexibility index (Phi) is 7.74. The fourth-order valence-corrected chi connectivity index (χ4v) is 5.44. The van der Waals surface area contributed by atoms with Gasteiger partial charge in [-0.3, -0.25) is 9.69 Å². The van der Waals surface area contributed by atoms with Crippen molar-refractivity contribution < 1.29 is 13.2 Å². The molecule has 0 unspecified atom stereocenters. The van der Waals surface area contributed by atoms with Crippen molar-refractivity contribution in [3.05, 3.63) is 48.0 Å². The van der Waals surface area contributed by atoms with Crippen LogP contribution >= 0.6 is 23.1 Å². The van der Waals surface area contributed by atoms with Gasteiger partial charge in [-0.15, -0.1) is 11.8 Å². The number of likely N-dealkylation sites (N-methyl/N-ethyl adjacent to an activating group) is 1. The maximum atomic E-state index is 13.2. The zero-order valence-electron chi connectivity index (χ0n) is 18.2. The quantitative estimate of drug-likeness (QED) is 0.435. The molecule has 0 saturated carbocycles. The number of benzene rings is 2. The number of amides is 1. The maximum Gasteiger partial charge on any atom is 0.233 e. The minimum absolute atomic E-state index is 0.0277. The summed E-state index contributed by atoms with van der Waals surface area (Å²) in [6.07, 6.45) is 1.47. The molecule has 1 aromatic heterocycles. The van der Waals surface area contributed by atoms with E-state index < -0.39 is 9.84 Å². The van der Waals surface area contributed by atoms with E-state index in [0.29, 0.717) is 23.7 Å². The van der Waals surface area contributed by atoms with Crippen molar-refractivity contribution in [3.63, 3.8) is 0 Å². The second-order valence-corrected chi connectivity index (χ2v) is 11.9. The van der Waals surface area contributed by atoms with E-state index in [0.717, 1.165) is 16.0 Å². The summed E-state index contributed by atoms with van der Waals surface area (Å²) in [5.41, 5.74) is 1.65. The molecule has 1 heterocycles. The van der Waals surface area contributed by atoms with Crippen LogP contribution in [0, 0.1) is 0 Å². The zero-order valence-corrected chi connectivity index (χ0v) is 20.6. The lowest BCUT2D eigenvalue weighted by molar-refractivity contribution is -0.118. The van der Waals surface area contributed by atoms with Crippen LogP contribution in [0.25, 0.3) is 10.2 Å². The van der Waals surface area contributed by atoms with Gasteiger partial charge >= 0.3 is 0 Å². The number of thiazole rings is 1. The van der Waals surface area contributed by atoms with Crippen molar-refractivity contribution in [2.45, 2.75) is 23.1 Å². The van der Waals surface area contributed by atoms with Gasteiger partial charge in [-0.2, -0.15) is 0 Å². The number of rotatable bonds is 9. The fourth-order valence-electron chi connectivity index (χ4n) is 3.01. The summed E-state index contributed by atoms with van der Waals surface area (Å²) in [4.78, 5) is 23.0. The molecule has 0 saturated heterocycles. The third-order valence-electron chi connectivity index (χ3n) is 4.67. The molecule has 0 bridgehead atoms. The largest absolute Gasteiger partial charge is 0.308 e. The average Bonchev–Trinajstić information content (AvgIpc) is 3.12. The maximum absolute atomic E-state index is 13.2. The number of hydrogen-bond acceptors (Lipinski definition) is 7. The summed E-state index contributed by atoms with van der Waals surface area (Å²) in [6, 6.07) is 13.0. The standard InChI is InChI=1S/C22H27N3O3S3/c1-5-29-17-8-6-16(7-9-17)14-21(26)25(13-12-24(2)3)22-23-19-11-10-18(31(4,27)28)15-20(19)30-22/h6-11,15H,5,12-14H2,1-4H3. The van der Waals surface area contributed by atoms with Crippen LogP contribution in [0.3, 0.4) is 0 Å². The highest BCUT2D eigenvalue weighted by molar-refractivity contribution is 7.99. The van der Waals surface area contributed by atoms with Crippen molar-refractivity contribution in [1.29, 1.82) is 0 Å². The van der Waals surface area contributed by atoms with Crippen LogP contribution in [0.4, 0.5) is 5.13 Å². The van der Waals surface area contributed by atoms with Crippen LogP contribution in [0.2, 0.25) is 0 Å². The minimum Gasteiger partial charge on any atom is -0.308 e. The summed E-state index contributed by atoms with van der Waals surface area (Å²) >= 11 is 3.11. The van der Waals surface area contributed by atoms with Crippen LogP contribution in [0.5, 0.6) is 0 Å². The van der Waals surface area contributed by atoms with E-state index in [1.807, 2.05) is 43.3 Å². The number of hydrogen-bond donors (Lipinski definition) is 0. The van der Waals surface area contributed by atoms with Crippen LogP contribution in [0.15, 0.2) is 52.3 Å². The molecule has 2 aromatic carbocycles. The summed E-state index contributed by atoms with van der Waals surface area (Å²) in [5, 5.41) is 0.589. The Morgan fingerprint density at radius 3 is 2.42 bits per heavy atom. The number of fused-ring (bicyclic) bond motifs is 1. The predicted octanol–water partition coefficient (Wildman–Crippen LogP) is 3.95. The molecular weight excluding hydrogens is 450 g/mol. The van der Waals surface area contributed by atoms with E-state index >= 15 is 0 Å². The van der Waals surface area contributed by atoms with Gasteiger partial charge in [0.05, 0.1) is 21.5 Å². The van der Waals surface area contributed by atoms with E-state index in [1.54, 1.807) is 34.9 Å². The molecule has 31 heavy (non-hydrogen) atoms. The van der Waals surface area contributed by atoms with Crippen LogP contribution < -0.4 is 4.90 Å². The van der Waals surface area contributed by atoms with E-state index in [2.05, 4.69) is 11.9 Å². The molecule has 3 rings (SSSR count). The number of carbonyl (C=O) groups is 1. The molecule has 1 amide bonds. The first-order chi connectivity index (χ1) is 14.7. The van der Waals surface area contributed by atoms with Gasteiger partial charge in [0, 0.05) is 24.2 Å². The van der Waals surface area contributed by atoms with Gasteiger partial charge in [0.25, 0.3) is 0 Å². The molecule has 3 aromatic rings. The lowest BCUT2D eigenvalue weighted by atomic mass is 10.1. The number of sulfone groups is 1. The Labute approximate surface area is 192 Å². The lowest BCUT2D eigenvalue weighted by Crippen LogP contribution is -2.37. The first-order valence-corrected chi connectivity index (χ1v) is 13.6. The molecule has 0 spiro atoms. The Morgan fingerprint density at radius 1 is 1.10 bits per heavy atom. The van der Waals surface area contributed by atoms with E-state index in [-0.39, 0.29) is 17.2 Å². The van der Waals surface area contributed by atoms with E-state index in [9.17, 15) is 13.2 Å². The smallest absolute Gasteiger partial charge is 0.233 e. The summed E-state index contributed by atoms with van der Waals surface area (Å²) in [5.74, 6) is 0.982. The molecular formula is C22H27N3O3S3. The highest BCUT2D eigenvalue weighted by Gasteiger charge is 2.21. The summed E-state index contributed by atoms with van der Waals surface area (Å²) < 4.78 is 24.5. The van der Waals surface area contributed by atoms with Crippen molar-refractivity contribution in [1.82, 2.24) is 9.88 Å². The monoisotopic (exact) mass is 477 g/mol. The second kappa shape index (κ2) is 10.1. The molecule has 0 aliphatic rings. The molecule has 0 radical (unpaired) electrons. The molecule has 0 fully saturated rings. The highest BCUT2D eigenvalue weighted by atomic mass is 32.2. The molecule has 0 aliphatic carbocycles. The van der Waals surface area contributed by atoms with Gasteiger partial charge < -0.3 is 4.90 Å². The summed E-state index contributed by atoms with van der Waals surface area (Å²) in [7, 11) is 0.622. The Hall–Kier alpha value is -1.94. The number of thioether (sulfide) groups is 1. The van der Waals surface area contributed by atoms with Gasteiger partial charge in [-0.05, 0) is 55.7 Å². The van der Waals surface area contributed by atoms with Gasteiger partial charge in [0.15, 0.2) is 15.0 Å². The first kappa shape index (κ1) is 23.7. The van der Waals surface area contributed by atoms with Crippen LogP contribution in [-0.4, -0.2) is 63.4 Å². The molecule has 9 heteroatoms. The molecule has 166 valence electrons. The summed E-state index contributed by atoms with van der Waals surface area (Å²) in [6.45, 7) is 3.32. The molecule has 0 N–H and O–H groups in total.